The Morgan fingerprint density at radius 1 is 1.10 bits per heavy atom. The lowest BCUT2D eigenvalue weighted by molar-refractivity contribution is 0.265. The predicted molar refractivity (Wildman–Crippen MR) is 80.9 cm³/mol. The number of rotatable bonds is 5. The van der Waals surface area contributed by atoms with Crippen LogP contribution >= 0.6 is 0 Å². The van der Waals surface area contributed by atoms with Crippen molar-refractivity contribution in [2.24, 2.45) is 0 Å². The molecule has 0 saturated heterocycles. The lowest BCUT2D eigenvalue weighted by atomic mass is 9.87. The molecule has 1 N–H and O–H groups in total. The van der Waals surface area contributed by atoms with Crippen molar-refractivity contribution in [3.05, 3.63) is 53.5 Å². The van der Waals surface area contributed by atoms with Crippen molar-refractivity contribution in [1.29, 1.82) is 0 Å². The Morgan fingerprint density at radius 2 is 1.85 bits per heavy atom. The summed E-state index contributed by atoms with van der Waals surface area (Å²) < 4.78 is 11.5. The molecule has 3 nitrogen and oxygen atoms in total. The van der Waals surface area contributed by atoms with E-state index in [1.165, 1.54) is 5.56 Å². The molecule has 0 amide bonds. The molecule has 0 bridgehead atoms. The average molecular weight is 273 g/mol. The number of hydrogen-bond donors (Lipinski definition) is 1. The molecule has 0 saturated carbocycles. The average Bonchev–Trinajstić information content (AvgIpc) is 2.84. The maximum Gasteiger partial charge on any atom is 0.146 e. The summed E-state index contributed by atoms with van der Waals surface area (Å²) in [7, 11) is 1.90. The van der Waals surface area contributed by atoms with Gasteiger partial charge in [0.1, 0.15) is 23.9 Å². The Labute approximate surface area is 121 Å². The van der Waals surface area contributed by atoms with Crippen molar-refractivity contribution in [1.82, 2.24) is 5.32 Å². The molecule has 0 aliphatic heterocycles. The van der Waals surface area contributed by atoms with Gasteiger partial charge in [-0.2, -0.15) is 0 Å². The van der Waals surface area contributed by atoms with Crippen molar-refractivity contribution in [3.63, 3.8) is 0 Å². The molecule has 2 aromatic rings. The van der Waals surface area contributed by atoms with E-state index in [4.69, 9.17) is 9.15 Å². The van der Waals surface area contributed by atoms with Gasteiger partial charge >= 0.3 is 0 Å². The SMILES string of the molecule is CNCc1ccc(COc2cccc(C(C)(C)C)c2)o1. The predicted octanol–water partition coefficient (Wildman–Crippen LogP) is 3.88. The smallest absolute Gasteiger partial charge is 0.146 e. The van der Waals surface area contributed by atoms with Crippen molar-refractivity contribution in [3.8, 4) is 5.75 Å². The van der Waals surface area contributed by atoms with Crippen LogP contribution in [0.4, 0.5) is 0 Å². The van der Waals surface area contributed by atoms with E-state index < -0.39 is 0 Å². The van der Waals surface area contributed by atoms with E-state index in [-0.39, 0.29) is 5.41 Å². The highest BCUT2D eigenvalue weighted by molar-refractivity contribution is 5.32. The molecule has 0 atom stereocenters. The third-order valence-electron chi connectivity index (χ3n) is 3.15. The molecule has 108 valence electrons. The van der Waals surface area contributed by atoms with E-state index >= 15 is 0 Å². The van der Waals surface area contributed by atoms with E-state index in [2.05, 4.69) is 38.2 Å². The Kier molecular flexibility index (Phi) is 4.50. The van der Waals surface area contributed by atoms with Gasteiger partial charge < -0.3 is 14.5 Å². The molecule has 20 heavy (non-hydrogen) atoms. The molecule has 1 heterocycles. The zero-order valence-corrected chi connectivity index (χ0v) is 12.7. The fourth-order valence-corrected chi connectivity index (χ4v) is 1.98. The molecule has 1 aromatic carbocycles. The quantitative estimate of drug-likeness (QED) is 0.898. The first-order valence-corrected chi connectivity index (χ1v) is 6.94. The monoisotopic (exact) mass is 273 g/mol. The first-order valence-electron chi connectivity index (χ1n) is 6.94. The summed E-state index contributed by atoms with van der Waals surface area (Å²) in [5, 5.41) is 3.06. The van der Waals surface area contributed by atoms with Crippen LogP contribution in [0.3, 0.4) is 0 Å². The van der Waals surface area contributed by atoms with Crippen LogP contribution in [0.15, 0.2) is 40.8 Å². The van der Waals surface area contributed by atoms with Crippen LogP contribution in [0.1, 0.15) is 37.9 Å². The molecular weight excluding hydrogens is 250 g/mol. The van der Waals surface area contributed by atoms with Gasteiger partial charge in [0.2, 0.25) is 0 Å². The molecule has 0 fully saturated rings. The largest absolute Gasteiger partial charge is 0.486 e. The second-order valence-electron chi connectivity index (χ2n) is 5.96. The summed E-state index contributed by atoms with van der Waals surface area (Å²) in [5.74, 6) is 2.65. The molecule has 0 radical (unpaired) electrons. The zero-order valence-electron chi connectivity index (χ0n) is 12.7. The number of nitrogens with one attached hydrogen (secondary N) is 1. The van der Waals surface area contributed by atoms with E-state index in [0.29, 0.717) is 6.61 Å². The van der Waals surface area contributed by atoms with Crippen molar-refractivity contribution < 1.29 is 9.15 Å². The van der Waals surface area contributed by atoms with Gasteiger partial charge in [-0.25, -0.2) is 0 Å². The molecule has 0 unspecified atom stereocenters. The van der Waals surface area contributed by atoms with Gasteiger partial charge in [-0.15, -0.1) is 0 Å². The van der Waals surface area contributed by atoms with Gasteiger partial charge in [-0.05, 0) is 42.3 Å². The highest BCUT2D eigenvalue weighted by atomic mass is 16.5. The van der Waals surface area contributed by atoms with Crippen LogP contribution in [0.2, 0.25) is 0 Å². The summed E-state index contributed by atoms with van der Waals surface area (Å²) in [4.78, 5) is 0. The number of hydrogen-bond acceptors (Lipinski definition) is 3. The fraction of sp³-hybridized carbons (Fsp3) is 0.412. The Balaban J connectivity index is 1.99. The summed E-state index contributed by atoms with van der Waals surface area (Å²) in [6, 6.07) is 12.2. The van der Waals surface area contributed by atoms with Crippen LogP contribution in [-0.2, 0) is 18.6 Å². The minimum atomic E-state index is 0.129. The highest BCUT2D eigenvalue weighted by Gasteiger charge is 2.14. The minimum Gasteiger partial charge on any atom is -0.486 e. The van der Waals surface area contributed by atoms with E-state index in [1.807, 2.05) is 31.3 Å². The van der Waals surface area contributed by atoms with Crippen molar-refractivity contribution >= 4 is 0 Å². The van der Waals surface area contributed by atoms with E-state index in [1.54, 1.807) is 0 Å². The molecule has 2 rings (SSSR count). The molecule has 0 aliphatic carbocycles. The number of ether oxygens (including phenoxy) is 1. The normalized spacial score (nSPS) is 11.6. The van der Waals surface area contributed by atoms with Crippen LogP contribution < -0.4 is 10.1 Å². The molecule has 0 spiro atoms. The topological polar surface area (TPSA) is 34.4 Å². The van der Waals surface area contributed by atoms with Crippen molar-refractivity contribution in [2.75, 3.05) is 7.05 Å². The summed E-state index contributed by atoms with van der Waals surface area (Å²) in [6.07, 6.45) is 0. The lowest BCUT2D eigenvalue weighted by Crippen LogP contribution is -2.10. The van der Waals surface area contributed by atoms with Gasteiger partial charge in [0.15, 0.2) is 0 Å². The van der Waals surface area contributed by atoms with Crippen LogP contribution in [0, 0.1) is 0 Å². The summed E-state index contributed by atoms with van der Waals surface area (Å²) in [6.45, 7) is 7.78. The first-order chi connectivity index (χ1) is 9.49. The third-order valence-corrected chi connectivity index (χ3v) is 3.15. The van der Waals surface area contributed by atoms with Gasteiger partial charge in [-0.3, -0.25) is 0 Å². The summed E-state index contributed by atoms with van der Waals surface area (Å²) >= 11 is 0. The molecular formula is C17H23NO2. The van der Waals surface area contributed by atoms with E-state index in [9.17, 15) is 0 Å². The van der Waals surface area contributed by atoms with Gasteiger partial charge in [0, 0.05) is 0 Å². The van der Waals surface area contributed by atoms with Crippen LogP contribution in [0.5, 0.6) is 5.75 Å². The second kappa shape index (κ2) is 6.14. The molecule has 3 heteroatoms. The lowest BCUT2D eigenvalue weighted by Gasteiger charge is -2.19. The van der Waals surface area contributed by atoms with Gasteiger partial charge in [0.25, 0.3) is 0 Å². The Morgan fingerprint density at radius 3 is 2.55 bits per heavy atom. The first kappa shape index (κ1) is 14.7. The Hall–Kier alpha value is -1.74. The summed E-state index contributed by atoms with van der Waals surface area (Å²) in [5.41, 5.74) is 1.40. The number of benzene rings is 1. The Bertz CT molecular complexity index is 552. The van der Waals surface area contributed by atoms with Crippen LogP contribution in [0.25, 0.3) is 0 Å². The van der Waals surface area contributed by atoms with Gasteiger partial charge in [-0.1, -0.05) is 32.9 Å². The highest BCUT2D eigenvalue weighted by Crippen LogP contribution is 2.26. The third kappa shape index (κ3) is 3.87. The van der Waals surface area contributed by atoms with E-state index in [0.717, 1.165) is 23.8 Å². The number of furan rings is 1. The minimum absolute atomic E-state index is 0.129. The van der Waals surface area contributed by atoms with Gasteiger partial charge in [0.05, 0.1) is 6.54 Å². The maximum atomic E-state index is 5.81. The van der Waals surface area contributed by atoms with Crippen LogP contribution in [-0.4, -0.2) is 7.05 Å². The molecule has 1 aromatic heterocycles. The second-order valence-corrected chi connectivity index (χ2v) is 5.96. The fourth-order valence-electron chi connectivity index (χ4n) is 1.98. The maximum absolute atomic E-state index is 5.81. The van der Waals surface area contributed by atoms with Crippen molar-refractivity contribution in [2.45, 2.75) is 39.3 Å². The standard InChI is InChI=1S/C17H23NO2/c1-17(2,3)13-6-5-7-14(10-13)19-12-16-9-8-15(20-16)11-18-4/h5-10,18H,11-12H2,1-4H3. The molecule has 0 aliphatic rings. The zero-order chi connectivity index (χ0) is 14.6.